The van der Waals surface area contributed by atoms with Gasteiger partial charge in [-0.25, -0.2) is 9.97 Å². The molecule has 3 N–H and O–H groups in total. The van der Waals surface area contributed by atoms with Gasteiger partial charge in [-0.3, -0.25) is 4.79 Å². The quantitative estimate of drug-likeness (QED) is 0.740. The molecule has 0 bridgehead atoms. The van der Waals surface area contributed by atoms with Gasteiger partial charge in [-0.15, -0.1) is 0 Å². The Morgan fingerprint density at radius 3 is 2.48 bits per heavy atom. The van der Waals surface area contributed by atoms with Crippen LogP contribution in [-0.2, 0) is 0 Å². The number of carbonyl (C=O) groups excluding carboxylic acids is 1. The largest absolute Gasteiger partial charge is 0.424 e. The lowest BCUT2D eigenvalue weighted by molar-refractivity contribution is 0.0996. The first-order valence-electron chi connectivity index (χ1n) is 6.00. The Kier molecular flexibility index (Phi) is 3.26. The van der Waals surface area contributed by atoms with E-state index in [1.807, 2.05) is 0 Å². The van der Waals surface area contributed by atoms with E-state index in [1.165, 1.54) is 0 Å². The monoisotopic (exact) mass is 282 g/mol. The fourth-order valence-electron chi connectivity index (χ4n) is 1.73. The van der Waals surface area contributed by atoms with Crippen LogP contribution in [0.2, 0.25) is 0 Å². The molecule has 2 aromatic heterocycles. The van der Waals surface area contributed by atoms with Crippen molar-refractivity contribution < 1.29 is 9.53 Å². The lowest BCUT2D eigenvalue weighted by Crippen LogP contribution is -2.12. The zero-order valence-corrected chi connectivity index (χ0v) is 10.7. The summed E-state index contributed by atoms with van der Waals surface area (Å²) in [6, 6.07) is 8.86. The Bertz CT molecular complexity index is 754. The molecule has 1 aromatic carbocycles. The van der Waals surface area contributed by atoms with Gasteiger partial charge in [-0.05, 0) is 30.3 Å². The summed E-state index contributed by atoms with van der Waals surface area (Å²) in [7, 11) is 0. The van der Waals surface area contributed by atoms with E-state index >= 15 is 0 Å². The molecule has 0 aliphatic heterocycles. The standard InChI is InChI=1S/C13H10N6O2/c14-12(20)11-10(17-19-18-11)8-2-4-9(5-3-8)21-13-15-6-1-7-16-13/h1-7H,(H2,14,20)(H,17,18,19). The molecule has 8 nitrogen and oxygen atoms in total. The van der Waals surface area contributed by atoms with E-state index in [1.54, 1.807) is 42.7 Å². The number of nitrogens with two attached hydrogens (primary N) is 1. The highest BCUT2D eigenvalue weighted by molar-refractivity contribution is 5.96. The number of hydrogen-bond donors (Lipinski definition) is 2. The zero-order valence-electron chi connectivity index (χ0n) is 10.7. The third kappa shape index (κ3) is 2.68. The van der Waals surface area contributed by atoms with Crippen molar-refractivity contribution in [2.24, 2.45) is 5.73 Å². The molecule has 0 unspecified atom stereocenters. The highest BCUT2D eigenvalue weighted by Crippen LogP contribution is 2.24. The van der Waals surface area contributed by atoms with Gasteiger partial charge in [0.25, 0.3) is 5.91 Å². The highest BCUT2D eigenvalue weighted by atomic mass is 16.5. The molecule has 3 rings (SSSR count). The molecule has 0 radical (unpaired) electrons. The van der Waals surface area contributed by atoms with E-state index in [0.29, 0.717) is 17.0 Å². The number of H-pyrrole nitrogens is 1. The minimum Gasteiger partial charge on any atom is -0.424 e. The SMILES string of the molecule is NC(=O)c1n[nH]nc1-c1ccc(Oc2ncccn2)cc1. The first-order valence-corrected chi connectivity index (χ1v) is 6.00. The summed E-state index contributed by atoms with van der Waals surface area (Å²) < 4.78 is 5.47. The minimum absolute atomic E-state index is 0.0926. The van der Waals surface area contributed by atoms with Crippen LogP contribution < -0.4 is 10.5 Å². The summed E-state index contributed by atoms with van der Waals surface area (Å²) in [4.78, 5) is 19.1. The predicted molar refractivity (Wildman–Crippen MR) is 72.4 cm³/mol. The smallest absolute Gasteiger partial charge is 0.321 e. The van der Waals surface area contributed by atoms with E-state index in [-0.39, 0.29) is 11.7 Å². The van der Waals surface area contributed by atoms with Gasteiger partial charge in [-0.2, -0.15) is 15.4 Å². The van der Waals surface area contributed by atoms with Crippen molar-refractivity contribution in [3.8, 4) is 23.0 Å². The van der Waals surface area contributed by atoms with Crippen LogP contribution in [-0.4, -0.2) is 31.3 Å². The van der Waals surface area contributed by atoms with Crippen molar-refractivity contribution in [3.63, 3.8) is 0 Å². The Hall–Kier alpha value is -3.29. The molecule has 21 heavy (non-hydrogen) atoms. The van der Waals surface area contributed by atoms with Gasteiger partial charge in [0, 0.05) is 18.0 Å². The maximum absolute atomic E-state index is 11.2. The topological polar surface area (TPSA) is 120 Å². The summed E-state index contributed by atoms with van der Waals surface area (Å²) in [6.45, 7) is 0. The van der Waals surface area contributed by atoms with Crippen LogP contribution in [0.4, 0.5) is 0 Å². The van der Waals surface area contributed by atoms with Crippen molar-refractivity contribution in [1.29, 1.82) is 0 Å². The molecule has 0 atom stereocenters. The maximum Gasteiger partial charge on any atom is 0.321 e. The Morgan fingerprint density at radius 1 is 1.10 bits per heavy atom. The summed E-state index contributed by atoms with van der Waals surface area (Å²) in [5.41, 5.74) is 6.41. The first kappa shape index (κ1) is 12.7. The van der Waals surface area contributed by atoms with Crippen molar-refractivity contribution in [2.45, 2.75) is 0 Å². The second-order valence-electron chi connectivity index (χ2n) is 4.04. The highest BCUT2D eigenvalue weighted by Gasteiger charge is 2.15. The van der Waals surface area contributed by atoms with Crippen molar-refractivity contribution >= 4 is 5.91 Å². The Morgan fingerprint density at radius 2 is 1.81 bits per heavy atom. The summed E-state index contributed by atoms with van der Waals surface area (Å²) in [5, 5.41) is 10.0. The molecule has 8 heteroatoms. The molecule has 3 aromatic rings. The van der Waals surface area contributed by atoms with Crippen LogP contribution in [0.25, 0.3) is 11.3 Å². The van der Waals surface area contributed by atoms with E-state index < -0.39 is 5.91 Å². The number of aromatic amines is 1. The van der Waals surface area contributed by atoms with Gasteiger partial charge >= 0.3 is 6.01 Å². The van der Waals surface area contributed by atoms with E-state index in [9.17, 15) is 4.79 Å². The molecule has 0 fully saturated rings. The molecule has 0 aliphatic rings. The number of aromatic nitrogens is 5. The van der Waals surface area contributed by atoms with Crippen LogP contribution in [0.3, 0.4) is 0 Å². The third-order valence-corrected chi connectivity index (χ3v) is 2.66. The first-order chi connectivity index (χ1) is 10.2. The number of nitrogens with one attached hydrogen (secondary N) is 1. The lowest BCUT2D eigenvalue weighted by atomic mass is 10.1. The van der Waals surface area contributed by atoms with Crippen molar-refractivity contribution in [1.82, 2.24) is 25.4 Å². The number of ether oxygens (including phenoxy) is 1. The van der Waals surface area contributed by atoms with E-state index in [2.05, 4.69) is 25.4 Å². The fourth-order valence-corrected chi connectivity index (χ4v) is 1.73. The van der Waals surface area contributed by atoms with Gasteiger partial charge < -0.3 is 10.5 Å². The second-order valence-corrected chi connectivity index (χ2v) is 4.04. The van der Waals surface area contributed by atoms with Gasteiger partial charge in [0.15, 0.2) is 5.69 Å². The lowest BCUT2D eigenvalue weighted by Gasteiger charge is -2.04. The number of benzene rings is 1. The van der Waals surface area contributed by atoms with Gasteiger partial charge in [0.1, 0.15) is 11.4 Å². The van der Waals surface area contributed by atoms with Gasteiger partial charge in [0.2, 0.25) is 0 Å². The van der Waals surface area contributed by atoms with Crippen LogP contribution in [0.15, 0.2) is 42.7 Å². The van der Waals surface area contributed by atoms with Crippen molar-refractivity contribution in [3.05, 3.63) is 48.4 Å². The number of rotatable bonds is 4. The Labute approximate surface area is 119 Å². The fraction of sp³-hybridized carbons (Fsp3) is 0. The molecule has 0 aliphatic carbocycles. The van der Waals surface area contributed by atoms with Crippen LogP contribution in [0, 0.1) is 0 Å². The molecular formula is C13H10N6O2. The molecule has 0 saturated carbocycles. The summed E-state index contributed by atoms with van der Waals surface area (Å²) in [6.07, 6.45) is 3.18. The number of carbonyl (C=O) groups is 1. The number of primary amides is 1. The second kappa shape index (κ2) is 5.37. The van der Waals surface area contributed by atoms with Crippen LogP contribution in [0.5, 0.6) is 11.8 Å². The van der Waals surface area contributed by atoms with E-state index in [0.717, 1.165) is 0 Å². The Balaban J connectivity index is 1.84. The maximum atomic E-state index is 11.2. The third-order valence-electron chi connectivity index (χ3n) is 2.66. The zero-order chi connectivity index (χ0) is 14.7. The minimum atomic E-state index is -0.642. The molecular weight excluding hydrogens is 272 g/mol. The molecule has 2 heterocycles. The summed E-state index contributed by atoms with van der Waals surface area (Å²) in [5.74, 6) is -0.0779. The number of amides is 1. The number of nitrogens with zero attached hydrogens (tertiary/aromatic N) is 4. The van der Waals surface area contributed by atoms with Crippen molar-refractivity contribution in [2.75, 3.05) is 0 Å². The predicted octanol–water partition coefficient (Wildman–Crippen LogP) is 1.15. The molecule has 1 amide bonds. The normalized spacial score (nSPS) is 10.3. The average Bonchev–Trinajstić information content (AvgIpc) is 2.99. The summed E-state index contributed by atoms with van der Waals surface area (Å²) >= 11 is 0. The van der Waals surface area contributed by atoms with Gasteiger partial charge in [-0.1, -0.05) is 0 Å². The van der Waals surface area contributed by atoms with E-state index in [4.69, 9.17) is 10.5 Å². The van der Waals surface area contributed by atoms with Gasteiger partial charge in [0.05, 0.1) is 0 Å². The average molecular weight is 282 g/mol. The molecule has 0 spiro atoms. The molecule has 0 saturated heterocycles. The van der Waals surface area contributed by atoms with Crippen LogP contribution >= 0.6 is 0 Å². The molecule has 104 valence electrons. The van der Waals surface area contributed by atoms with Crippen LogP contribution in [0.1, 0.15) is 10.5 Å². The number of hydrogen-bond acceptors (Lipinski definition) is 6.